The molecule has 0 aromatic heterocycles. The van der Waals surface area contributed by atoms with Gasteiger partial charge in [-0.25, -0.2) is 0 Å². The van der Waals surface area contributed by atoms with Gasteiger partial charge in [0.25, 0.3) is 0 Å². The van der Waals surface area contributed by atoms with E-state index in [-0.39, 0.29) is 5.78 Å². The highest BCUT2D eigenvalue weighted by molar-refractivity contribution is 5.87. The van der Waals surface area contributed by atoms with E-state index in [4.69, 9.17) is 4.74 Å². The summed E-state index contributed by atoms with van der Waals surface area (Å²) >= 11 is 0. The Hall–Kier alpha value is -0.810. The molecule has 0 heterocycles. The molecule has 0 spiro atoms. The Morgan fingerprint density at radius 1 is 1.25 bits per heavy atom. The van der Waals surface area contributed by atoms with E-state index in [0.29, 0.717) is 12.8 Å². The van der Waals surface area contributed by atoms with E-state index < -0.39 is 5.60 Å². The Morgan fingerprint density at radius 3 is 2.38 bits per heavy atom. The molecule has 1 saturated carbocycles. The van der Waals surface area contributed by atoms with Gasteiger partial charge in [0.15, 0.2) is 5.78 Å². The van der Waals surface area contributed by atoms with Crippen molar-refractivity contribution in [2.75, 3.05) is 7.11 Å². The molecule has 0 bridgehead atoms. The molecule has 2 nitrogen and oxygen atoms in total. The molecule has 0 aromatic rings. The number of ketones is 1. The van der Waals surface area contributed by atoms with Crippen molar-refractivity contribution in [2.24, 2.45) is 0 Å². The monoisotopic (exact) mass is 222 g/mol. The first-order valence-electron chi connectivity index (χ1n) is 6.23. The van der Waals surface area contributed by atoms with E-state index in [1.54, 1.807) is 7.11 Å². The molecule has 0 saturated heterocycles. The quantitative estimate of drug-likeness (QED) is 0.539. The lowest BCUT2D eigenvalue weighted by molar-refractivity contribution is -0.142. The van der Waals surface area contributed by atoms with Gasteiger partial charge in [-0.05, 0) is 19.8 Å². The van der Waals surface area contributed by atoms with Crippen LogP contribution in [-0.2, 0) is 9.53 Å². The molecule has 0 aliphatic heterocycles. The zero-order valence-electron chi connectivity index (χ0n) is 10.5. The summed E-state index contributed by atoms with van der Waals surface area (Å²) < 4.78 is 5.55. The predicted molar refractivity (Wildman–Crippen MR) is 65.1 cm³/mol. The molecule has 1 fully saturated rings. The summed E-state index contributed by atoms with van der Waals surface area (Å²) in [6.45, 7) is 1.81. The summed E-state index contributed by atoms with van der Waals surface area (Å²) in [6.07, 6.45) is 7.66. The molecule has 0 atom stereocenters. The van der Waals surface area contributed by atoms with Crippen molar-refractivity contribution in [2.45, 2.75) is 63.9 Å². The number of carbonyl (C=O) groups excluding carboxylic acids is 1. The maximum absolute atomic E-state index is 12.2. The highest BCUT2D eigenvalue weighted by Crippen LogP contribution is 2.31. The van der Waals surface area contributed by atoms with Crippen LogP contribution in [0.3, 0.4) is 0 Å². The van der Waals surface area contributed by atoms with Crippen LogP contribution in [0.15, 0.2) is 0 Å². The molecule has 1 aliphatic rings. The van der Waals surface area contributed by atoms with Gasteiger partial charge in [0.2, 0.25) is 0 Å². The van der Waals surface area contributed by atoms with Crippen LogP contribution in [0, 0.1) is 11.8 Å². The Balaban J connectivity index is 2.60. The SMILES string of the molecule is CC#CCCC(=O)C1(OC)CCCCCC1. The normalized spacial score (nSPS) is 19.4. The van der Waals surface area contributed by atoms with Crippen molar-refractivity contribution in [3.05, 3.63) is 0 Å². The average molecular weight is 222 g/mol. The highest BCUT2D eigenvalue weighted by atomic mass is 16.5. The van der Waals surface area contributed by atoms with Gasteiger partial charge in [0.1, 0.15) is 5.60 Å². The lowest BCUT2D eigenvalue weighted by atomic mass is 9.87. The molecule has 1 rings (SSSR count). The number of ether oxygens (including phenoxy) is 1. The molecule has 0 unspecified atom stereocenters. The Bertz CT molecular complexity index is 275. The van der Waals surface area contributed by atoms with Crippen LogP contribution >= 0.6 is 0 Å². The van der Waals surface area contributed by atoms with E-state index in [9.17, 15) is 4.79 Å². The lowest BCUT2D eigenvalue weighted by Gasteiger charge is -2.29. The minimum absolute atomic E-state index is 0.250. The molecule has 0 N–H and O–H groups in total. The number of hydrogen-bond donors (Lipinski definition) is 0. The third-order valence-electron chi connectivity index (χ3n) is 3.46. The van der Waals surface area contributed by atoms with Gasteiger partial charge in [-0.2, -0.15) is 0 Å². The lowest BCUT2D eigenvalue weighted by Crippen LogP contribution is -2.40. The third kappa shape index (κ3) is 3.35. The first-order valence-corrected chi connectivity index (χ1v) is 6.23. The van der Waals surface area contributed by atoms with Crippen LogP contribution in [0.4, 0.5) is 0 Å². The smallest absolute Gasteiger partial charge is 0.165 e. The third-order valence-corrected chi connectivity index (χ3v) is 3.46. The molecular weight excluding hydrogens is 200 g/mol. The summed E-state index contributed by atoms with van der Waals surface area (Å²) in [5.74, 6) is 6.02. The standard InChI is InChI=1S/C14H22O2/c1-3-4-7-10-13(15)14(16-2)11-8-5-6-9-12-14/h5-12H2,1-2H3. The average Bonchev–Trinajstić information content (AvgIpc) is 2.55. The van der Waals surface area contributed by atoms with Gasteiger partial charge in [0.05, 0.1) is 0 Å². The Labute approximate surface area is 98.8 Å². The molecule has 0 radical (unpaired) electrons. The van der Waals surface area contributed by atoms with Crippen molar-refractivity contribution in [3.8, 4) is 11.8 Å². The molecule has 2 heteroatoms. The summed E-state index contributed by atoms with van der Waals surface area (Å²) in [7, 11) is 1.68. The molecule has 1 aliphatic carbocycles. The molecule has 0 amide bonds. The minimum Gasteiger partial charge on any atom is -0.370 e. The maximum atomic E-state index is 12.2. The first-order chi connectivity index (χ1) is 7.75. The summed E-state index contributed by atoms with van der Waals surface area (Å²) in [5.41, 5.74) is -0.494. The fraction of sp³-hybridized carbons (Fsp3) is 0.786. The molecular formula is C14H22O2. The number of carbonyl (C=O) groups is 1. The van der Waals surface area contributed by atoms with Gasteiger partial charge < -0.3 is 4.74 Å². The zero-order valence-corrected chi connectivity index (χ0v) is 10.5. The number of rotatable bonds is 4. The number of Topliss-reactive ketones (excluding diaryl/α,β-unsaturated/α-hetero) is 1. The summed E-state index contributed by atoms with van der Waals surface area (Å²) in [6, 6.07) is 0. The van der Waals surface area contributed by atoms with Gasteiger partial charge in [-0.1, -0.05) is 25.7 Å². The van der Waals surface area contributed by atoms with E-state index in [0.717, 1.165) is 25.7 Å². The van der Waals surface area contributed by atoms with Crippen molar-refractivity contribution in [1.82, 2.24) is 0 Å². The number of methoxy groups -OCH3 is 1. The fourth-order valence-corrected chi connectivity index (χ4v) is 2.43. The van der Waals surface area contributed by atoms with E-state index >= 15 is 0 Å². The highest BCUT2D eigenvalue weighted by Gasteiger charge is 2.37. The van der Waals surface area contributed by atoms with Crippen LogP contribution in [0.2, 0.25) is 0 Å². The summed E-state index contributed by atoms with van der Waals surface area (Å²) in [5, 5.41) is 0. The second-order valence-corrected chi connectivity index (χ2v) is 4.46. The van der Waals surface area contributed by atoms with Crippen LogP contribution < -0.4 is 0 Å². The first kappa shape index (κ1) is 13.3. The molecule has 90 valence electrons. The minimum atomic E-state index is -0.494. The van der Waals surface area contributed by atoms with Crippen molar-refractivity contribution in [3.63, 3.8) is 0 Å². The van der Waals surface area contributed by atoms with Gasteiger partial charge >= 0.3 is 0 Å². The maximum Gasteiger partial charge on any atom is 0.165 e. The van der Waals surface area contributed by atoms with Gasteiger partial charge in [0, 0.05) is 20.0 Å². The Morgan fingerprint density at radius 2 is 1.88 bits per heavy atom. The molecule has 0 aromatic carbocycles. The number of hydrogen-bond acceptors (Lipinski definition) is 2. The van der Waals surface area contributed by atoms with Gasteiger partial charge in [-0.3, -0.25) is 4.79 Å². The zero-order chi connectivity index (χ0) is 11.9. The predicted octanol–water partition coefficient (Wildman–Crippen LogP) is 3.10. The second kappa shape index (κ2) is 6.70. The molecule has 16 heavy (non-hydrogen) atoms. The largest absolute Gasteiger partial charge is 0.370 e. The Kier molecular flexibility index (Phi) is 5.55. The van der Waals surface area contributed by atoms with Crippen molar-refractivity contribution in [1.29, 1.82) is 0 Å². The topological polar surface area (TPSA) is 26.3 Å². The van der Waals surface area contributed by atoms with E-state index in [1.165, 1.54) is 12.8 Å². The second-order valence-electron chi connectivity index (χ2n) is 4.46. The van der Waals surface area contributed by atoms with Crippen LogP contribution in [0.1, 0.15) is 58.3 Å². The van der Waals surface area contributed by atoms with E-state index in [2.05, 4.69) is 11.8 Å². The van der Waals surface area contributed by atoms with E-state index in [1.807, 2.05) is 6.92 Å². The van der Waals surface area contributed by atoms with Crippen LogP contribution in [0.25, 0.3) is 0 Å². The fourth-order valence-electron chi connectivity index (χ4n) is 2.43. The van der Waals surface area contributed by atoms with Gasteiger partial charge in [-0.15, -0.1) is 11.8 Å². The van der Waals surface area contributed by atoms with Crippen LogP contribution in [-0.4, -0.2) is 18.5 Å². The van der Waals surface area contributed by atoms with Crippen LogP contribution in [0.5, 0.6) is 0 Å². The summed E-state index contributed by atoms with van der Waals surface area (Å²) in [4.78, 5) is 12.2. The van der Waals surface area contributed by atoms with Crippen molar-refractivity contribution < 1.29 is 9.53 Å². The van der Waals surface area contributed by atoms with Crippen molar-refractivity contribution >= 4 is 5.78 Å².